The number of carbonyl (C=O) groups is 2. The topological polar surface area (TPSA) is 88.5 Å². The zero-order valence-electron chi connectivity index (χ0n) is 15.4. The number of ether oxygens (including phenoxy) is 2. The molecule has 1 aliphatic heterocycles. The van der Waals surface area contributed by atoms with Crippen LogP contribution in [0, 0.1) is 5.41 Å². The molecule has 1 heterocycles. The number of methoxy groups -OCH3 is 1. The largest absolute Gasteiger partial charge is 0.493 e. The summed E-state index contributed by atoms with van der Waals surface area (Å²) in [5.74, 6) is -0.181. The third-order valence-electron chi connectivity index (χ3n) is 4.36. The molecule has 0 spiro atoms. The molecule has 1 amide bonds. The molecule has 0 unspecified atom stereocenters. The Morgan fingerprint density at radius 3 is 2.62 bits per heavy atom. The zero-order valence-corrected chi connectivity index (χ0v) is 16.2. The number of hydrogen-bond donors (Lipinski definition) is 2. The third-order valence-corrected chi connectivity index (χ3v) is 5.19. The van der Waals surface area contributed by atoms with Gasteiger partial charge in [0.05, 0.1) is 17.6 Å². The van der Waals surface area contributed by atoms with Crippen LogP contribution in [-0.4, -0.2) is 24.2 Å². The van der Waals surface area contributed by atoms with Crippen LogP contribution in [0.4, 0.5) is 0 Å². The molecule has 4 rings (SSSR count). The van der Waals surface area contributed by atoms with Gasteiger partial charge in [0.1, 0.15) is 0 Å². The van der Waals surface area contributed by atoms with Crippen molar-refractivity contribution in [2.45, 2.75) is 0 Å². The molecule has 0 bridgehead atoms. The number of nitrogens with one attached hydrogen (secondary N) is 2. The van der Waals surface area contributed by atoms with Gasteiger partial charge in [0, 0.05) is 0 Å². The standard InChI is InChI=1S/C22H16N2O4S/c1-27-17-10-9-13(12-19-20(25)24-22(23)29-19)11-18(17)28-21(26)16-8-4-6-14-5-2-3-7-15(14)16/h2-12H,1H3,(H2,23,24,25)/b19-12-. The molecule has 0 atom stereocenters. The molecular weight excluding hydrogens is 388 g/mol. The van der Waals surface area contributed by atoms with E-state index >= 15 is 0 Å². The average molecular weight is 404 g/mol. The van der Waals surface area contributed by atoms with E-state index in [-0.39, 0.29) is 16.8 Å². The molecule has 3 aromatic carbocycles. The van der Waals surface area contributed by atoms with Crippen LogP contribution < -0.4 is 14.8 Å². The van der Waals surface area contributed by atoms with Gasteiger partial charge >= 0.3 is 5.97 Å². The Balaban J connectivity index is 1.67. The van der Waals surface area contributed by atoms with Crippen molar-refractivity contribution in [2.75, 3.05) is 7.11 Å². The first-order valence-electron chi connectivity index (χ1n) is 8.72. The summed E-state index contributed by atoms with van der Waals surface area (Å²) in [5, 5.41) is 11.8. The molecule has 0 radical (unpaired) electrons. The van der Waals surface area contributed by atoms with E-state index in [1.807, 2.05) is 36.4 Å². The molecule has 0 aliphatic carbocycles. The van der Waals surface area contributed by atoms with Crippen LogP contribution in [0.25, 0.3) is 16.8 Å². The van der Waals surface area contributed by atoms with E-state index in [2.05, 4.69) is 5.32 Å². The smallest absolute Gasteiger partial charge is 0.344 e. The molecule has 1 aliphatic rings. The fraction of sp³-hybridized carbons (Fsp3) is 0.0455. The van der Waals surface area contributed by atoms with Gasteiger partial charge in [-0.1, -0.05) is 42.5 Å². The lowest BCUT2D eigenvalue weighted by Crippen LogP contribution is -2.18. The number of rotatable bonds is 4. The molecule has 3 aromatic rings. The normalized spacial score (nSPS) is 14.9. The number of esters is 1. The molecular formula is C22H16N2O4S. The minimum Gasteiger partial charge on any atom is -0.493 e. The lowest BCUT2D eigenvalue weighted by molar-refractivity contribution is -0.115. The zero-order chi connectivity index (χ0) is 20.4. The highest BCUT2D eigenvalue weighted by molar-refractivity contribution is 8.18. The van der Waals surface area contributed by atoms with Crippen LogP contribution in [0.3, 0.4) is 0 Å². The summed E-state index contributed by atoms with van der Waals surface area (Å²) in [6, 6.07) is 18.1. The summed E-state index contributed by atoms with van der Waals surface area (Å²) in [5.41, 5.74) is 1.10. The summed E-state index contributed by atoms with van der Waals surface area (Å²) in [4.78, 5) is 25.1. The fourth-order valence-electron chi connectivity index (χ4n) is 3.01. The van der Waals surface area contributed by atoms with Crippen molar-refractivity contribution in [3.05, 3.63) is 76.7 Å². The Hall–Kier alpha value is -3.58. The predicted octanol–water partition coefficient (Wildman–Crippen LogP) is 4.21. The lowest BCUT2D eigenvalue weighted by Gasteiger charge is -2.11. The second kappa shape index (κ2) is 7.81. The second-order valence-electron chi connectivity index (χ2n) is 6.22. The maximum Gasteiger partial charge on any atom is 0.344 e. The Morgan fingerprint density at radius 2 is 1.86 bits per heavy atom. The van der Waals surface area contributed by atoms with Gasteiger partial charge in [-0.25, -0.2) is 4.79 Å². The number of fused-ring (bicyclic) bond motifs is 1. The summed E-state index contributed by atoms with van der Waals surface area (Å²) in [6.45, 7) is 0. The highest BCUT2D eigenvalue weighted by atomic mass is 32.2. The van der Waals surface area contributed by atoms with Crippen molar-refractivity contribution in [3.8, 4) is 11.5 Å². The monoisotopic (exact) mass is 404 g/mol. The van der Waals surface area contributed by atoms with Gasteiger partial charge in [-0.15, -0.1) is 0 Å². The summed E-state index contributed by atoms with van der Waals surface area (Å²) in [7, 11) is 1.49. The Kier molecular flexibility index (Phi) is 5.05. The molecule has 1 saturated heterocycles. The lowest BCUT2D eigenvalue weighted by atomic mass is 10.0. The van der Waals surface area contributed by atoms with Crippen LogP contribution in [0.5, 0.6) is 11.5 Å². The quantitative estimate of drug-likeness (QED) is 0.386. The highest BCUT2D eigenvalue weighted by Crippen LogP contribution is 2.32. The van der Waals surface area contributed by atoms with Crippen molar-refractivity contribution in [3.63, 3.8) is 0 Å². The SMILES string of the molecule is COc1ccc(/C=C2\SC(=N)NC2=O)cc1OC(=O)c1cccc2ccccc12. The molecule has 0 aromatic heterocycles. The maximum absolute atomic E-state index is 12.9. The molecule has 0 saturated carbocycles. The van der Waals surface area contributed by atoms with E-state index in [9.17, 15) is 9.59 Å². The first kappa shape index (κ1) is 18.8. The maximum atomic E-state index is 12.9. The first-order valence-corrected chi connectivity index (χ1v) is 9.54. The number of carbonyl (C=O) groups excluding carboxylic acids is 2. The minimum atomic E-state index is -0.500. The molecule has 6 nitrogen and oxygen atoms in total. The van der Waals surface area contributed by atoms with Gasteiger partial charge in [-0.3, -0.25) is 10.2 Å². The molecule has 2 N–H and O–H groups in total. The highest BCUT2D eigenvalue weighted by Gasteiger charge is 2.22. The third kappa shape index (κ3) is 3.86. The number of amidine groups is 1. The van der Waals surface area contributed by atoms with Crippen LogP contribution in [-0.2, 0) is 4.79 Å². The molecule has 7 heteroatoms. The van der Waals surface area contributed by atoms with Crippen molar-refractivity contribution >= 4 is 45.7 Å². The second-order valence-corrected chi connectivity index (χ2v) is 7.27. The van der Waals surface area contributed by atoms with E-state index in [1.54, 1.807) is 30.3 Å². The van der Waals surface area contributed by atoms with Crippen molar-refractivity contribution in [1.82, 2.24) is 5.32 Å². The molecule has 29 heavy (non-hydrogen) atoms. The van der Waals surface area contributed by atoms with E-state index in [1.165, 1.54) is 7.11 Å². The Morgan fingerprint density at radius 1 is 1.07 bits per heavy atom. The van der Waals surface area contributed by atoms with Crippen molar-refractivity contribution in [1.29, 1.82) is 5.41 Å². The molecule has 1 fully saturated rings. The number of thioether (sulfide) groups is 1. The van der Waals surface area contributed by atoms with Crippen molar-refractivity contribution < 1.29 is 19.1 Å². The van der Waals surface area contributed by atoms with Crippen LogP contribution in [0.15, 0.2) is 65.6 Å². The molecule has 144 valence electrons. The van der Waals surface area contributed by atoms with E-state index in [4.69, 9.17) is 14.9 Å². The van der Waals surface area contributed by atoms with Gasteiger partial charge in [0.15, 0.2) is 16.7 Å². The predicted molar refractivity (Wildman–Crippen MR) is 113 cm³/mol. The summed E-state index contributed by atoms with van der Waals surface area (Å²) >= 11 is 1.04. The Bertz CT molecular complexity index is 1180. The number of amides is 1. The minimum absolute atomic E-state index is 0.0809. The van der Waals surface area contributed by atoms with Gasteiger partial charge in [-0.2, -0.15) is 0 Å². The van der Waals surface area contributed by atoms with E-state index in [0.29, 0.717) is 21.8 Å². The first-order chi connectivity index (χ1) is 14.0. The van der Waals surface area contributed by atoms with Gasteiger partial charge in [-0.05, 0) is 52.4 Å². The number of hydrogen-bond acceptors (Lipinski definition) is 6. The average Bonchev–Trinajstić information content (AvgIpc) is 3.04. The van der Waals surface area contributed by atoms with Crippen LogP contribution in [0.2, 0.25) is 0 Å². The summed E-state index contributed by atoms with van der Waals surface area (Å²) in [6.07, 6.45) is 1.64. The number of benzene rings is 3. The van der Waals surface area contributed by atoms with Gasteiger partial charge in [0.25, 0.3) is 5.91 Å². The summed E-state index contributed by atoms with van der Waals surface area (Å²) < 4.78 is 11.0. The van der Waals surface area contributed by atoms with Crippen LogP contribution >= 0.6 is 11.8 Å². The Labute approximate surface area is 171 Å². The van der Waals surface area contributed by atoms with Gasteiger partial charge < -0.3 is 14.8 Å². The van der Waals surface area contributed by atoms with E-state index in [0.717, 1.165) is 22.5 Å². The van der Waals surface area contributed by atoms with Crippen molar-refractivity contribution in [2.24, 2.45) is 0 Å². The van der Waals surface area contributed by atoms with E-state index < -0.39 is 5.97 Å². The van der Waals surface area contributed by atoms with Gasteiger partial charge in [0.2, 0.25) is 0 Å². The van der Waals surface area contributed by atoms with Crippen LogP contribution in [0.1, 0.15) is 15.9 Å². The fourth-order valence-corrected chi connectivity index (χ4v) is 3.72.